The number of nitrogens with one attached hydrogen (secondary N) is 2. The van der Waals surface area contributed by atoms with Crippen LogP contribution in [0.15, 0.2) is 65.8 Å². The number of carbonyl (C=O) groups excluding carboxylic acids is 2. The molecule has 4 heterocycles. The van der Waals surface area contributed by atoms with Crippen molar-refractivity contribution in [1.82, 2.24) is 49.9 Å². The Balaban J connectivity index is 1.08. The van der Waals surface area contributed by atoms with E-state index in [1.54, 1.807) is 4.57 Å². The Morgan fingerprint density at radius 3 is 2.50 bits per heavy atom. The van der Waals surface area contributed by atoms with Gasteiger partial charge in [0.25, 0.3) is 5.56 Å². The molecule has 0 aliphatic carbocycles. The molecule has 0 bridgehead atoms. The van der Waals surface area contributed by atoms with E-state index in [0.29, 0.717) is 24.6 Å². The molecular formula is C32H31FN10O5. The van der Waals surface area contributed by atoms with Crippen LogP contribution in [0.5, 0.6) is 0 Å². The van der Waals surface area contributed by atoms with Gasteiger partial charge in [-0.2, -0.15) is 9.60 Å². The lowest BCUT2D eigenvalue weighted by molar-refractivity contribution is -0.153. The van der Waals surface area contributed by atoms with E-state index in [2.05, 4.69) is 40.7 Å². The SMILES string of the molecule is CCCCc1nc(F)c(COC(=O)CCC(=O)OCn2cc3c(=O)[nH]cnc3n2)n1Cc1ccc(-c2ccccc2-c2nn[nH]n2)cc1. The summed E-state index contributed by atoms with van der Waals surface area (Å²) in [5.74, 6) is -1.04. The maximum atomic E-state index is 15.1. The number of esters is 2. The van der Waals surface area contributed by atoms with Crippen LogP contribution < -0.4 is 5.56 Å². The van der Waals surface area contributed by atoms with Gasteiger partial charge in [0.15, 0.2) is 12.4 Å². The molecule has 0 aliphatic heterocycles. The van der Waals surface area contributed by atoms with Crippen molar-refractivity contribution in [2.24, 2.45) is 0 Å². The van der Waals surface area contributed by atoms with E-state index < -0.39 is 17.9 Å². The topological polar surface area (TPSA) is 188 Å². The second-order valence-electron chi connectivity index (χ2n) is 10.9. The fraction of sp³-hybridized carbons (Fsp3) is 0.281. The number of benzene rings is 2. The highest BCUT2D eigenvalue weighted by atomic mass is 19.1. The van der Waals surface area contributed by atoms with Crippen LogP contribution in [-0.4, -0.2) is 61.9 Å². The van der Waals surface area contributed by atoms with Gasteiger partial charge in [0.2, 0.25) is 11.8 Å². The lowest BCUT2D eigenvalue weighted by atomic mass is 9.98. The smallest absolute Gasteiger partial charge is 0.308 e. The van der Waals surface area contributed by atoms with Crippen LogP contribution in [0.2, 0.25) is 0 Å². The largest absolute Gasteiger partial charge is 0.459 e. The summed E-state index contributed by atoms with van der Waals surface area (Å²) in [5.41, 5.74) is 3.58. The van der Waals surface area contributed by atoms with Gasteiger partial charge in [-0.25, -0.2) is 14.6 Å². The number of ether oxygens (including phenoxy) is 2. The fourth-order valence-corrected chi connectivity index (χ4v) is 5.13. The Hall–Kier alpha value is -6.06. The zero-order valence-corrected chi connectivity index (χ0v) is 25.9. The Kier molecular flexibility index (Phi) is 9.69. The van der Waals surface area contributed by atoms with Gasteiger partial charge in [-0.15, -0.1) is 15.3 Å². The van der Waals surface area contributed by atoms with Gasteiger partial charge >= 0.3 is 11.9 Å². The van der Waals surface area contributed by atoms with E-state index in [-0.39, 0.29) is 48.5 Å². The number of hydrogen-bond donors (Lipinski definition) is 2. The minimum atomic E-state index is -0.709. The lowest BCUT2D eigenvalue weighted by Gasteiger charge is -2.13. The van der Waals surface area contributed by atoms with E-state index in [9.17, 15) is 14.4 Å². The molecular weight excluding hydrogens is 623 g/mol. The Morgan fingerprint density at radius 2 is 1.77 bits per heavy atom. The molecule has 6 aromatic rings. The van der Waals surface area contributed by atoms with Crippen molar-refractivity contribution < 1.29 is 23.5 Å². The molecule has 15 nitrogen and oxygen atoms in total. The van der Waals surface area contributed by atoms with E-state index in [4.69, 9.17) is 9.47 Å². The summed E-state index contributed by atoms with van der Waals surface area (Å²) in [6, 6.07) is 15.6. The number of rotatable bonds is 14. The van der Waals surface area contributed by atoms with E-state index in [1.807, 2.05) is 55.5 Å². The number of aromatic nitrogens is 10. The minimum absolute atomic E-state index is 0.137. The number of aryl methyl sites for hydroxylation is 1. The molecule has 0 amide bonds. The summed E-state index contributed by atoms with van der Waals surface area (Å²) in [6.45, 7) is 1.74. The summed E-state index contributed by atoms with van der Waals surface area (Å²) in [6.07, 6.45) is 4.36. The first kappa shape index (κ1) is 31.9. The molecule has 0 saturated heterocycles. The Labute approximate surface area is 272 Å². The van der Waals surface area contributed by atoms with E-state index in [0.717, 1.165) is 35.1 Å². The summed E-state index contributed by atoms with van der Waals surface area (Å²) in [5, 5.41) is 18.7. The van der Waals surface area contributed by atoms with Crippen molar-refractivity contribution in [2.45, 2.75) is 58.9 Å². The molecule has 4 aromatic heterocycles. The minimum Gasteiger partial charge on any atom is -0.459 e. The number of halogens is 1. The number of nitrogens with zero attached hydrogens (tertiary/aromatic N) is 8. The van der Waals surface area contributed by atoms with Crippen LogP contribution in [0.3, 0.4) is 0 Å². The maximum Gasteiger partial charge on any atom is 0.308 e. The molecule has 0 atom stereocenters. The van der Waals surface area contributed by atoms with Crippen molar-refractivity contribution in [1.29, 1.82) is 0 Å². The molecule has 16 heteroatoms. The zero-order chi connectivity index (χ0) is 33.5. The monoisotopic (exact) mass is 654 g/mol. The average Bonchev–Trinajstić information content (AvgIpc) is 3.85. The highest BCUT2D eigenvalue weighted by Gasteiger charge is 2.20. The van der Waals surface area contributed by atoms with Crippen molar-refractivity contribution in [3.05, 3.63) is 94.4 Å². The number of imidazole rings is 1. The van der Waals surface area contributed by atoms with E-state index in [1.165, 1.54) is 17.2 Å². The third-order valence-corrected chi connectivity index (χ3v) is 7.61. The van der Waals surface area contributed by atoms with Gasteiger partial charge in [-0.1, -0.05) is 61.9 Å². The van der Waals surface area contributed by atoms with Crippen LogP contribution in [0, 0.1) is 5.95 Å². The van der Waals surface area contributed by atoms with Gasteiger partial charge in [0.05, 0.1) is 19.2 Å². The molecule has 2 N–H and O–H groups in total. The number of H-pyrrole nitrogens is 2. The molecule has 6 rings (SSSR count). The second-order valence-corrected chi connectivity index (χ2v) is 10.9. The summed E-state index contributed by atoms with van der Waals surface area (Å²) >= 11 is 0. The van der Waals surface area contributed by atoms with Crippen LogP contribution >= 0.6 is 0 Å². The van der Waals surface area contributed by atoms with Crippen LogP contribution in [-0.2, 0) is 45.4 Å². The quantitative estimate of drug-likeness (QED) is 0.163. The molecule has 0 aliphatic rings. The number of fused-ring (bicyclic) bond motifs is 1. The molecule has 2 aromatic carbocycles. The lowest BCUT2D eigenvalue weighted by Crippen LogP contribution is -2.15. The molecule has 0 radical (unpaired) electrons. The van der Waals surface area contributed by atoms with Gasteiger partial charge in [-0.3, -0.25) is 14.4 Å². The first-order valence-electron chi connectivity index (χ1n) is 15.3. The van der Waals surface area contributed by atoms with E-state index >= 15 is 4.39 Å². The molecule has 246 valence electrons. The summed E-state index contributed by atoms with van der Waals surface area (Å²) in [7, 11) is 0. The fourth-order valence-electron chi connectivity index (χ4n) is 5.13. The van der Waals surface area contributed by atoms with Gasteiger partial charge < -0.3 is 19.0 Å². The maximum absolute atomic E-state index is 15.1. The Morgan fingerprint density at radius 1 is 1.00 bits per heavy atom. The highest BCUT2D eigenvalue weighted by Crippen LogP contribution is 2.30. The normalized spacial score (nSPS) is 11.2. The third kappa shape index (κ3) is 7.32. The first-order chi connectivity index (χ1) is 23.4. The number of hydrogen-bond acceptors (Lipinski definition) is 11. The molecule has 0 spiro atoms. The van der Waals surface area contributed by atoms with Crippen molar-refractivity contribution >= 4 is 23.0 Å². The number of tetrazole rings is 1. The van der Waals surface area contributed by atoms with Crippen molar-refractivity contribution in [3.8, 4) is 22.5 Å². The number of aromatic amines is 2. The van der Waals surface area contributed by atoms with Gasteiger partial charge in [0, 0.05) is 24.7 Å². The van der Waals surface area contributed by atoms with Crippen LogP contribution in [0.1, 0.15) is 49.7 Å². The first-order valence-corrected chi connectivity index (χ1v) is 15.3. The standard InChI is InChI=1S/C32H31FN10O5/c1-2-3-8-26-36-29(33)25(17-47-27(44)13-14-28(45)48-19-42-16-24-30(39-42)34-18-35-32(24)46)43(26)15-20-9-11-21(12-10-20)22-6-4-5-7-23(22)31-37-40-41-38-31/h4-7,9-12,16,18H,2-3,8,13-15,17,19H2,1H3,(H,34,35,39,46)(H,37,38,40,41). The number of carbonyl (C=O) groups is 2. The molecule has 0 fully saturated rings. The molecule has 0 unspecified atom stereocenters. The predicted molar refractivity (Wildman–Crippen MR) is 168 cm³/mol. The van der Waals surface area contributed by atoms with Crippen molar-refractivity contribution in [2.75, 3.05) is 0 Å². The van der Waals surface area contributed by atoms with Crippen molar-refractivity contribution in [3.63, 3.8) is 0 Å². The van der Waals surface area contributed by atoms with Gasteiger partial charge in [0.1, 0.15) is 23.5 Å². The predicted octanol–water partition coefficient (Wildman–Crippen LogP) is 3.72. The number of unbranched alkanes of at least 4 members (excludes halogenated alkanes) is 1. The van der Waals surface area contributed by atoms with Crippen LogP contribution in [0.25, 0.3) is 33.5 Å². The third-order valence-electron chi connectivity index (χ3n) is 7.61. The highest BCUT2D eigenvalue weighted by molar-refractivity contribution is 5.80. The Bertz CT molecular complexity index is 2090. The average molecular weight is 655 g/mol. The van der Waals surface area contributed by atoms with Crippen LogP contribution in [0.4, 0.5) is 4.39 Å². The molecule has 48 heavy (non-hydrogen) atoms. The summed E-state index contributed by atoms with van der Waals surface area (Å²) < 4.78 is 28.6. The second kappa shape index (κ2) is 14.6. The summed E-state index contributed by atoms with van der Waals surface area (Å²) in [4.78, 5) is 47.1. The molecule has 0 saturated carbocycles. The zero-order valence-electron chi connectivity index (χ0n) is 25.9. The van der Waals surface area contributed by atoms with Gasteiger partial charge in [-0.05, 0) is 28.3 Å².